The summed E-state index contributed by atoms with van der Waals surface area (Å²) in [6.07, 6.45) is 2.90. The van der Waals surface area contributed by atoms with Crippen LogP contribution in [0.15, 0.2) is 6.33 Å². The van der Waals surface area contributed by atoms with Crippen LogP contribution in [0.3, 0.4) is 0 Å². The van der Waals surface area contributed by atoms with Crippen molar-refractivity contribution < 1.29 is 0 Å². The molecule has 0 N–H and O–H groups in total. The topological polar surface area (TPSA) is 34.0 Å². The molecule has 0 aromatic carbocycles. The monoisotopic (exact) mass is 168 g/mol. The molecule has 1 aromatic rings. The molecule has 0 amide bonds. The lowest BCUT2D eigenvalue weighted by Crippen LogP contribution is -2.19. The summed E-state index contributed by atoms with van der Waals surface area (Å²) in [5, 5.41) is 4.20. The van der Waals surface area contributed by atoms with Crippen molar-refractivity contribution in [3.63, 3.8) is 0 Å². The highest BCUT2D eigenvalue weighted by molar-refractivity contribution is 4.80. The first-order valence-corrected chi connectivity index (χ1v) is 4.25. The molecule has 0 fully saturated rings. The largest absolute Gasteiger partial charge is 0.299 e. The van der Waals surface area contributed by atoms with Gasteiger partial charge < -0.3 is 0 Å². The highest BCUT2D eigenvalue weighted by Crippen LogP contribution is 1.95. The van der Waals surface area contributed by atoms with E-state index in [4.69, 9.17) is 0 Å². The quantitative estimate of drug-likeness (QED) is 0.662. The van der Waals surface area contributed by atoms with Gasteiger partial charge in [-0.1, -0.05) is 6.92 Å². The Labute approximate surface area is 73.2 Å². The van der Waals surface area contributed by atoms with Crippen molar-refractivity contribution in [3.05, 3.63) is 12.2 Å². The maximum atomic E-state index is 4.20. The van der Waals surface area contributed by atoms with E-state index < -0.39 is 0 Å². The summed E-state index contributed by atoms with van der Waals surface area (Å²) >= 11 is 0. The Kier molecular flexibility index (Phi) is 3.22. The van der Waals surface area contributed by atoms with E-state index in [1.165, 1.54) is 6.42 Å². The lowest BCUT2D eigenvalue weighted by molar-refractivity contribution is 0.318. The third-order valence-electron chi connectivity index (χ3n) is 1.66. The van der Waals surface area contributed by atoms with Crippen LogP contribution in [0.2, 0.25) is 0 Å². The van der Waals surface area contributed by atoms with Crippen molar-refractivity contribution in [2.45, 2.75) is 19.9 Å². The standard InChI is InChI=1S/C8H16N4/c1-4-5-11(2)6-8-9-7-12(3)10-8/h7H,4-6H2,1-3H3. The smallest absolute Gasteiger partial charge is 0.164 e. The molecule has 0 radical (unpaired) electrons. The third-order valence-corrected chi connectivity index (χ3v) is 1.66. The molecule has 12 heavy (non-hydrogen) atoms. The van der Waals surface area contributed by atoms with Crippen molar-refractivity contribution in [2.75, 3.05) is 13.6 Å². The molecule has 0 spiro atoms. The second-order valence-electron chi connectivity index (χ2n) is 3.07. The van der Waals surface area contributed by atoms with Crippen LogP contribution in [0.1, 0.15) is 19.2 Å². The molecular weight excluding hydrogens is 152 g/mol. The minimum absolute atomic E-state index is 0.842. The van der Waals surface area contributed by atoms with Crippen LogP contribution in [-0.4, -0.2) is 33.3 Å². The maximum Gasteiger partial charge on any atom is 0.164 e. The second-order valence-corrected chi connectivity index (χ2v) is 3.07. The minimum Gasteiger partial charge on any atom is -0.299 e. The summed E-state index contributed by atoms with van der Waals surface area (Å²) in [4.78, 5) is 6.37. The molecule has 0 bridgehead atoms. The Hall–Kier alpha value is -0.900. The summed E-state index contributed by atoms with van der Waals surface area (Å²) in [6, 6.07) is 0. The highest BCUT2D eigenvalue weighted by Gasteiger charge is 2.02. The van der Waals surface area contributed by atoms with Gasteiger partial charge in [0.25, 0.3) is 0 Å². The number of hydrogen-bond donors (Lipinski definition) is 0. The van der Waals surface area contributed by atoms with E-state index in [-0.39, 0.29) is 0 Å². The van der Waals surface area contributed by atoms with Crippen LogP contribution in [0.4, 0.5) is 0 Å². The van der Waals surface area contributed by atoms with E-state index in [0.717, 1.165) is 18.9 Å². The Balaban J connectivity index is 2.41. The van der Waals surface area contributed by atoms with E-state index >= 15 is 0 Å². The first-order chi connectivity index (χ1) is 5.72. The van der Waals surface area contributed by atoms with Gasteiger partial charge in [0.1, 0.15) is 6.33 Å². The summed E-state index contributed by atoms with van der Waals surface area (Å²) in [5.41, 5.74) is 0. The lowest BCUT2D eigenvalue weighted by atomic mass is 10.4. The van der Waals surface area contributed by atoms with Crippen LogP contribution in [0.5, 0.6) is 0 Å². The van der Waals surface area contributed by atoms with Gasteiger partial charge in [-0.25, -0.2) is 4.98 Å². The number of aryl methyl sites for hydroxylation is 1. The SMILES string of the molecule is CCCN(C)Cc1ncn(C)n1. The summed E-state index contributed by atoms with van der Waals surface area (Å²) < 4.78 is 1.73. The molecule has 0 unspecified atom stereocenters. The zero-order chi connectivity index (χ0) is 8.97. The lowest BCUT2D eigenvalue weighted by Gasteiger charge is -2.12. The molecule has 1 rings (SSSR count). The summed E-state index contributed by atoms with van der Waals surface area (Å²) in [5.74, 6) is 0.897. The molecule has 4 heteroatoms. The summed E-state index contributed by atoms with van der Waals surface area (Å²) in [7, 11) is 3.97. The van der Waals surface area contributed by atoms with Crippen LogP contribution >= 0.6 is 0 Å². The van der Waals surface area contributed by atoms with Gasteiger partial charge >= 0.3 is 0 Å². The minimum atomic E-state index is 0.842. The van der Waals surface area contributed by atoms with Gasteiger partial charge in [-0.2, -0.15) is 5.10 Å². The van der Waals surface area contributed by atoms with E-state index in [1.54, 1.807) is 11.0 Å². The van der Waals surface area contributed by atoms with Crippen LogP contribution in [-0.2, 0) is 13.6 Å². The molecular formula is C8H16N4. The molecule has 68 valence electrons. The van der Waals surface area contributed by atoms with Crippen LogP contribution < -0.4 is 0 Å². The maximum absolute atomic E-state index is 4.20. The Bertz CT molecular complexity index is 231. The third kappa shape index (κ3) is 2.62. The van der Waals surface area contributed by atoms with Crippen molar-refractivity contribution in [1.82, 2.24) is 19.7 Å². The fourth-order valence-corrected chi connectivity index (χ4v) is 1.16. The molecule has 0 aliphatic heterocycles. The van der Waals surface area contributed by atoms with Gasteiger partial charge in [0.05, 0.1) is 6.54 Å². The fraction of sp³-hybridized carbons (Fsp3) is 0.750. The predicted octanol–water partition coefficient (Wildman–Crippen LogP) is 0.657. The van der Waals surface area contributed by atoms with E-state index in [2.05, 4.69) is 29.0 Å². The van der Waals surface area contributed by atoms with Crippen molar-refractivity contribution in [3.8, 4) is 0 Å². The number of nitrogens with zero attached hydrogens (tertiary/aromatic N) is 4. The predicted molar refractivity (Wildman–Crippen MR) is 47.6 cm³/mol. The summed E-state index contributed by atoms with van der Waals surface area (Å²) in [6.45, 7) is 4.11. The van der Waals surface area contributed by atoms with Crippen molar-refractivity contribution >= 4 is 0 Å². The zero-order valence-electron chi connectivity index (χ0n) is 7.99. The van der Waals surface area contributed by atoms with Gasteiger partial charge in [0.15, 0.2) is 5.82 Å². The Morgan fingerprint density at radius 3 is 2.83 bits per heavy atom. The molecule has 4 nitrogen and oxygen atoms in total. The fourth-order valence-electron chi connectivity index (χ4n) is 1.16. The number of hydrogen-bond acceptors (Lipinski definition) is 3. The molecule has 0 atom stereocenters. The first kappa shape index (κ1) is 9.19. The van der Waals surface area contributed by atoms with Gasteiger partial charge in [-0.15, -0.1) is 0 Å². The van der Waals surface area contributed by atoms with Crippen molar-refractivity contribution in [1.29, 1.82) is 0 Å². The molecule has 1 heterocycles. The molecule has 0 aliphatic rings. The normalized spacial score (nSPS) is 11.0. The van der Waals surface area contributed by atoms with Crippen LogP contribution in [0, 0.1) is 0 Å². The van der Waals surface area contributed by atoms with Crippen molar-refractivity contribution in [2.24, 2.45) is 7.05 Å². The second kappa shape index (κ2) is 4.21. The van der Waals surface area contributed by atoms with Gasteiger partial charge in [-0.05, 0) is 20.0 Å². The molecule has 1 aromatic heterocycles. The Morgan fingerprint density at radius 1 is 1.58 bits per heavy atom. The first-order valence-electron chi connectivity index (χ1n) is 4.25. The Morgan fingerprint density at radius 2 is 2.33 bits per heavy atom. The van der Waals surface area contributed by atoms with E-state index in [1.807, 2.05) is 7.05 Å². The number of rotatable bonds is 4. The van der Waals surface area contributed by atoms with Crippen LogP contribution in [0.25, 0.3) is 0 Å². The molecule has 0 saturated carbocycles. The van der Waals surface area contributed by atoms with Gasteiger partial charge in [0.2, 0.25) is 0 Å². The van der Waals surface area contributed by atoms with Gasteiger partial charge in [-0.3, -0.25) is 9.58 Å². The van der Waals surface area contributed by atoms with E-state index in [0.29, 0.717) is 0 Å². The number of aromatic nitrogens is 3. The zero-order valence-corrected chi connectivity index (χ0v) is 7.99. The average molecular weight is 168 g/mol. The molecule has 0 aliphatic carbocycles. The van der Waals surface area contributed by atoms with Gasteiger partial charge in [0, 0.05) is 7.05 Å². The molecule has 0 saturated heterocycles. The average Bonchev–Trinajstić information content (AvgIpc) is 2.36. The van der Waals surface area contributed by atoms with E-state index in [9.17, 15) is 0 Å². The highest BCUT2D eigenvalue weighted by atomic mass is 15.3.